The van der Waals surface area contributed by atoms with Crippen LogP contribution in [0.4, 0.5) is 0 Å². The van der Waals surface area contributed by atoms with Gasteiger partial charge >= 0.3 is 0 Å². The van der Waals surface area contributed by atoms with Crippen molar-refractivity contribution >= 4 is 21.8 Å². The van der Waals surface area contributed by atoms with Gasteiger partial charge in [-0.3, -0.25) is 4.79 Å². The van der Waals surface area contributed by atoms with E-state index >= 15 is 0 Å². The molecule has 0 aromatic heterocycles. The van der Waals surface area contributed by atoms with Crippen molar-refractivity contribution in [1.29, 1.82) is 0 Å². The van der Waals surface area contributed by atoms with Gasteiger partial charge in [0.2, 0.25) is 0 Å². The third-order valence-electron chi connectivity index (χ3n) is 4.14. The molecule has 1 aromatic carbocycles. The maximum atomic E-state index is 12.1. The van der Waals surface area contributed by atoms with Gasteiger partial charge < -0.3 is 15.5 Å². The molecule has 0 aliphatic heterocycles. The van der Waals surface area contributed by atoms with Crippen LogP contribution in [0.15, 0.2) is 22.7 Å². The Morgan fingerprint density at radius 2 is 2.25 bits per heavy atom. The Balaban J connectivity index is 2.03. The molecule has 2 rings (SSSR count). The van der Waals surface area contributed by atoms with Crippen LogP contribution in [0.5, 0.6) is 5.75 Å². The van der Waals surface area contributed by atoms with Gasteiger partial charge in [-0.1, -0.05) is 35.7 Å². The molecule has 0 spiro atoms. The number of hydrogen-bond donors (Lipinski definition) is 3. The average Bonchev–Trinajstić information content (AvgIpc) is 2.42. The number of amides is 1. The van der Waals surface area contributed by atoms with Gasteiger partial charge in [-0.15, -0.1) is 0 Å². The quantitative estimate of drug-likeness (QED) is 0.791. The fraction of sp³-hybridized carbons (Fsp3) is 0.533. The lowest BCUT2D eigenvalue weighted by Gasteiger charge is -2.38. The van der Waals surface area contributed by atoms with Gasteiger partial charge in [-0.2, -0.15) is 0 Å². The van der Waals surface area contributed by atoms with Crippen molar-refractivity contribution < 1.29 is 15.0 Å². The molecule has 0 radical (unpaired) electrons. The first-order chi connectivity index (χ1) is 9.42. The number of nitrogens with one attached hydrogen (secondary N) is 1. The summed E-state index contributed by atoms with van der Waals surface area (Å²) in [6.45, 7) is 2.41. The maximum absolute atomic E-state index is 12.1. The Kier molecular flexibility index (Phi) is 4.70. The molecule has 1 saturated carbocycles. The highest BCUT2D eigenvalue weighted by molar-refractivity contribution is 9.10. The SMILES string of the molecule is CC1(CNC(=O)c2cc(Br)ccc2O)CCCCC1O. The molecule has 4 nitrogen and oxygen atoms in total. The van der Waals surface area contributed by atoms with Crippen molar-refractivity contribution in [3.8, 4) is 5.75 Å². The predicted octanol–water partition coefficient (Wildman–Crippen LogP) is 2.83. The van der Waals surface area contributed by atoms with Gasteiger partial charge in [0.15, 0.2) is 0 Å². The van der Waals surface area contributed by atoms with Gasteiger partial charge in [-0.25, -0.2) is 0 Å². The van der Waals surface area contributed by atoms with Crippen molar-refractivity contribution in [2.24, 2.45) is 5.41 Å². The van der Waals surface area contributed by atoms with Crippen LogP contribution in [0.3, 0.4) is 0 Å². The summed E-state index contributed by atoms with van der Waals surface area (Å²) in [6, 6.07) is 4.75. The Bertz CT molecular complexity index is 506. The van der Waals surface area contributed by atoms with E-state index < -0.39 is 0 Å². The first-order valence-electron chi connectivity index (χ1n) is 6.87. The summed E-state index contributed by atoms with van der Waals surface area (Å²) in [5.41, 5.74) is -0.0384. The number of phenolic OH excluding ortho intramolecular Hbond substituents is 1. The molecule has 1 fully saturated rings. The molecule has 0 saturated heterocycles. The van der Waals surface area contributed by atoms with E-state index in [1.165, 1.54) is 6.07 Å². The van der Waals surface area contributed by atoms with E-state index in [0.717, 1.165) is 30.2 Å². The summed E-state index contributed by atoms with van der Waals surface area (Å²) in [6.07, 6.45) is 3.42. The number of phenols is 1. The second-order valence-corrected chi connectivity index (χ2v) is 6.68. The Labute approximate surface area is 127 Å². The maximum Gasteiger partial charge on any atom is 0.255 e. The highest BCUT2D eigenvalue weighted by atomic mass is 79.9. The molecule has 0 heterocycles. The number of benzene rings is 1. The second-order valence-electron chi connectivity index (χ2n) is 5.76. The van der Waals surface area contributed by atoms with Crippen LogP contribution in [0.2, 0.25) is 0 Å². The lowest BCUT2D eigenvalue weighted by atomic mass is 9.73. The normalized spacial score (nSPS) is 26.2. The van der Waals surface area contributed by atoms with Crippen LogP contribution in [-0.2, 0) is 0 Å². The first-order valence-corrected chi connectivity index (χ1v) is 7.66. The van der Waals surface area contributed by atoms with Crippen LogP contribution >= 0.6 is 15.9 Å². The zero-order valence-electron chi connectivity index (χ0n) is 11.5. The van der Waals surface area contributed by atoms with E-state index in [0.29, 0.717) is 6.54 Å². The van der Waals surface area contributed by atoms with E-state index in [9.17, 15) is 15.0 Å². The molecule has 110 valence electrons. The van der Waals surface area contributed by atoms with Crippen molar-refractivity contribution in [3.05, 3.63) is 28.2 Å². The molecule has 2 atom stereocenters. The van der Waals surface area contributed by atoms with Crippen LogP contribution in [0.1, 0.15) is 43.0 Å². The third-order valence-corrected chi connectivity index (χ3v) is 4.63. The standard InChI is InChI=1S/C15H20BrNO3/c1-15(7-3-2-4-13(15)19)9-17-14(20)11-8-10(16)5-6-12(11)18/h5-6,8,13,18-19H,2-4,7,9H2,1H3,(H,17,20). The van der Waals surface area contributed by atoms with Gasteiger partial charge in [-0.05, 0) is 31.0 Å². The van der Waals surface area contributed by atoms with E-state index in [1.54, 1.807) is 12.1 Å². The minimum Gasteiger partial charge on any atom is -0.507 e. The third kappa shape index (κ3) is 3.33. The molecular formula is C15H20BrNO3. The van der Waals surface area contributed by atoms with E-state index in [4.69, 9.17) is 0 Å². The molecule has 1 aromatic rings. The van der Waals surface area contributed by atoms with E-state index in [-0.39, 0.29) is 28.7 Å². The Morgan fingerprint density at radius 3 is 2.95 bits per heavy atom. The minimum absolute atomic E-state index is 0.0416. The molecule has 2 unspecified atom stereocenters. The number of aliphatic hydroxyl groups excluding tert-OH is 1. The summed E-state index contributed by atoms with van der Waals surface area (Å²) in [7, 11) is 0. The lowest BCUT2D eigenvalue weighted by molar-refractivity contribution is 0.00189. The minimum atomic E-state index is -0.382. The van der Waals surface area contributed by atoms with Crippen LogP contribution in [-0.4, -0.2) is 28.8 Å². The van der Waals surface area contributed by atoms with E-state index in [1.807, 2.05) is 6.92 Å². The topological polar surface area (TPSA) is 69.6 Å². The number of aliphatic hydroxyl groups is 1. The molecule has 3 N–H and O–H groups in total. The van der Waals surface area contributed by atoms with Crippen molar-refractivity contribution in [2.45, 2.75) is 38.7 Å². The van der Waals surface area contributed by atoms with Crippen molar-refractivity contribution in [2.75, 3.05) is 6.54 Å². The molecule has 20 heavy (non-hydrogen) atoms. The fourth-order valence-electron chi connectivity index (χ4n) is 2.66. The van der Waals surface area contributed by atoms with Crippen molar-refractivity contribution in [3.63, 3.8) is 0 Å². The van der Waals surface area contributed by atoms with Gasteiger partial charge in [0.25, 0.3) is 5.91 Å². The summed E-state index contributed by atoms with van der Waals surface area (Å²) in [5, 5.41) is 22.7. The molecule has 5 heteroatoms. The zero-order valence-corrected chi connectivity index (χ0v) is 13.1. The van der Waals surface area contributed by atoms with E-state index in [2.05, 4.69) is 21.2 Å². The summed E-state index contributed by atoms with van der Waals surface area (Å²) in [5.74, 6) is -0.358. The Morgan fingerprint density at radius 1 is 1.50 bits per heavy atom. The average molecular weight is 342 g/mol. The van der Waals surface area contributed by atoms with Crippen LogP contribution < -0.4 is 5.32 Å². The fourth-order valence-corrected chi connectivity index (χ4v) is 3.02. The summed E-state index contributed by atoms with van der Waals surface area (Å²) < 4.78 is 0.740. The van der Waals surface area contributed by atoms with Crippen LogP contribution in [0, 0.1) is 5.41 Å². The first kappa shape index (κ1) is 15.3. The molecular weight excluding hydrogens is 322 g/mol. The highest BCUT2D eigenvalue weighted by Gasteiger charge is 2.35. The summed E-state index contributed by atoms with van der Waals surface area (Å²) in [4.78, 5) is 12.1. The predicted molar refractivity (Wildman–Crippen MR) is 80.7 cm³/mol. The van der Waals surface area contributed by atoms with Gasteiger partial charge in [0, 0.05) is 16.4 Å². The number of rotatable bonds is 3. The van der Waals surface area contributed by atoms with Crippen LogP contribution in [0.25, 0.3) is 0 Å². The monoisotopic (exact) mass is 341 g/mol. The lowest BCUT2D eigenvalue weighted by Crippen LogP contribution is -2.45. The number of halogens is 1. The zero-order chi connectivity index (χ0) is 14.8. The largest absolute Gasteiger partial charge is 0.507 e. The number of carbonyl (C=O) groups excluding carboxylic acids is 1. The number of aromatic hydroxyl groups is 1. The van der Waals surface area contributed by atoms with Gasteiger partial charge in [0.1, 0.15) is 5.75 Å². The molecule has 0 bridgehead atoms. The smallest absolute Gasteiger partial charge is 0.255 e. The summed E-state index contributed by atoms with van der Waals surface area (Å²) >= 11 is 3.28. The van der Waals surface area contributed by atoms with Gasteiger partial charge in [0.05, 0.1) is 11.7 Å². The molecule has 1 amide bonds. The number of hydrogen-bond acceptors (Lipinski definition) is 3. The molecule has 1 aliphatic carbocycles. The molecule has 1 aliphatic rings. The second kappa shape index (κ2) is 6.14. The van der Waals surface area contributed by atoms with Crippen molar-refractivity contribution in [1.82, 2.24) is 5.32 Å². The Hall–Kier alpha value is -1.07. The number of carbonyl (C=O) groups is 1. The highest BCUT2D eigenvalue weighted by Crippen LogP contribution is 2.35.